The van der Waals surface area contributed by atoms with Crippen molar-refractivity contribution in [3.05, 3.63) is 89.5 Å². The molecule has 0 bridgehead atoms. The van der Waals surface area contributed by atoms with Crippen LogP contribution in [0.1, 0.15) is 55.7 Å². The summed E-state index contributed by atoms with van der Waals surface area (Å²) in [5, 5.41) is 95.6. The van der Waals surface area contributed by atoms with Crippen molar-refractivity contribution in [2.24, 2.45) is 11.5 Å². The van der Waals surface area contributed by atoms with Gasteiger partial charge in [-0.3, -0.25) is 47.9 Å². The molecule has 0 saturated carbocycles. The third-order valence-electron chi connectivity index (χ3n) is 12.6. The average molecular weight is 1120 g/mol. The summed E-state index contributed by atoms with van der Waals surface area (Å²) in [7, 11) is 0. The largest absolute Gasteiger partial charge is 0.508 e. The molecule has 1 aliphatic rings. The third-order valence-corrected chi connectivity index (χ3v) is 12.6. The zero-order chi connectivity index (χ0) is 59.4. The van der Waals surface area contributed by atoms with E-state index in [1.807, 2.05) is 0 Å². The summed E-state index contributed by atoms with van der Waals surface area (Å²) in [4.78, 5) is 147. The highest BCUT2D eigenvalue weighted by molar-refractivity contribution is 5.99. The van der Waals surface area contributed by atoms with Gasteiger partial charge in [-0.15, -0.1) is 0 Å². The molecule has 1 aliphatic heterocycles. The Kier molecular flexibility index (Phi) is 24.1. The molecule has 10 atom stereocenters. The number of nitrogens with zero attached hydrogens (tertiary/aromatic N) is 1. The van der Waals surface area contributed by atoms with Gasteiger partial charge in [0.05, 0.1) is 31.8 Å². The van der Waals surface area contributed by atoms with Crippen molar-refractivity contribution >= 4 is 65.1 Å². The van der Waals surface area contributed by atoms with Gasteiger partial charge in [-0.25, -0.2) is 4.79 Å². The number of rotatable bonds is 30. The normalized spacial score (nSPS) is 16.3. The SMILES string of the molecule is C[C@@H](O)[C@H](NC(=O)[C@H](Cc1ccc(O)cc1)NC(=O)[C@@H]1CCCN1C(=O)[C@H](Cc1ccc(O)cc1)NC(=O)[C@H](CO)NC(=O)[C@H](Cc1ccc(O)cc1)NC(=O)[C@H](CC(=O)O)NC(=O)[C@H](CO)NC(=O)[C@@H](N)CCC(N)=O)C(=O)O. The number of phenolic OH excluding ortho intramolecular Hbond substituents is 3. The maximum Gasteiger partial charge on any atom is 0.328 e. The van der Waals surface area contributed by atoms with Gasteiger partial charge >= 0.3 is 11.9 Å². The Morgan fingerprint density at radius 1 is 0.562 bits per heavy atom. The quantitative estimate of drug-likeness (QED) is 0.0296. The molecule has 0 aromatic heterocycles. The van der Waals surface area contributed by atoms with E-state index in [9.17, 15) is 93.6 Å². The fourth-order valence-electron chi connectivity index (χ4n) is 8.20. The summed E-state index contributed by atoms with van der Waals surface area (Å²) in [5.41, 5.74) is 11.9. The zero-order valence-corrected chi connectivity index (χ0v) is 43.2. The van der Waals surface area contributed by atoms with Crippen LogP contribution in [-0.4, -0.2) is 191 Å². The molecule has 19 N–H and O–H groups in total. The average Bonchev–Trinajstić information content (AvgIpc) is 3.92. The summed E-state index contributed by atoms with van der Waals surface area (Å²) in [6.45, 7) is -1.17. The number of amides is 9. The fourth-order valence-corrected chi connectivity index (χ4v) is 8.20. The lowest BCUT2D eigenvalue weighted by Crippen LogP contribution is -2.61. The van der Waals surface area contributed by atoms with Crippen molar-refractivity contribution in [1.29, 1.82) is 0 Å². The summed E-state index contributed by atoms with van der Waals surface area (Å²) in [6.07, 6.45) is -3.98. The predicted octanol–water partition coefficient (Wildman–Crippen LogP) is -5.27. The lowest BCUT2D eigenvalue weighted by molar-refractivity contribution is -0.145. The Hall–Kier alpha value is -8.93. The number of hydrogen-bond acceptors (Lipinski definition) is 18. The van der Waals surface area contributed by atoms with Crippen LogP contribution in [0.25, 0.3) is 0 Å². The fraction of sp³-hybridized carbons (Fsp3) is 0.431. The Bertz CT molecular complexity index is 2690. The monoisotopic (exact) mass is 1120 g/mol. The van der Waals surface area contributed by atoms with Gasteiger partial charge in [-0.1, -0.05) is 36.4 Å². The number of hydrogen-bond donors (Lipinski definition) is 17. The highest BCUT2D eigenvalue weighted by Gasteiger charge is 2.41. The molecule has 4 rings (SSSR count). The number of aromatic hydroxyl groups is 3. The number of primary amides is 1. The molecule has 3 aromatic carbocycles. The van der Waals surface area contributed by atoms with Crippen molar-refractivity contribution in [2.75, 3.05) is 19.8 Å². The lowest BCUT2D eigenvalue weighted by atomic mass is 10.0. The van der Waals surface area contributed by atoms with E-state index in [0.29, 0.717) is 11.1 Å². The van der Waals surface area contributed by atoms with Gasteiger partial charge in [0.25, 0.3) is 0 Å². The molecule has 434 valence electrons. The van der Waals surface area contributed by atoms with Gasteiger partial charge in [0.15, 0.2) is 6.04 Å². The zero-order valence-electron chi connectivity index (χ0n) is 43.2. The Morgan fingerprint density at radius 3 is 1.39 bits per heavy atom. The van der Waals surface area contributed by atoms with Gasteiger partial charge in [0, 0.05) is 32.2 Å². The molecule has 80 heavy (non-hydrogen) atoms. The van der Waals surface area contributed by atoms with Crippen LogP contribution in [0.2, 0.25) is 0 Å². The van der Waals surface area contributed by atoms with Gasteiger partial charge in [-0.05, 0) is 79.3 Å². The highest BCUT2D eigenvalue weighted by atomic mass is 16.4. The van der Waals surface area contributed by atoms with Crippen LogP contribution < -0.4 is 48.7 Å². The number of aliphatic carboxylic acids is 2. The first-order valence-electron chi connectivity index (χ1n) is 25.0. The summed E-state index contributed by atoms with van der Waals surface area (Å²) in [5.74, 6) is -13.2. The minimum atomic E-state index is -2.01. The number of carboxylic acid groups (broad SMARTS) is 2. The molecule has 0 unspecified atom stereocenters. The van der Waals surface area contributed by atoms with Gasteiger partial charge in [-0.2, -0.15) is 0 Å². The minimum Gasteiger partial charge on any atom is -0.508 e. The van der Waals surface area contributed by atoms with Gasteiger partial charge in [0.2, 0.25) is 53.2 Å². The van der Waals surface area contributed by atoms with E-state index >= 15 is 0 Å². The first kappa shape index (κ1) is 63.6. The molecule has 1 fully saturated rings. The van der Waals surface area contributed by atoms with E-state index in [-0.39, 0.29) is 67.9 Å². The van der Waals surface area contributed by atoms with E-state index in [2.05, 4.69) is 37.2 Å². The molecule has 0 radical (unpaired) electrons. The minimum absolute atomic E-state index is 0.0316. The van der Waals surface area contributed by atoms with Crippen LogP contribution in [0.3, 0.4) is 0 Å². The molecule has 0 aliphatic carbocycles. The van der Waals surface area contributed by atoms with Crippen molar-refractivity contribution in [3.8, 4) is 17.2 Å². The van der Waals surface area contributed by atoms with Crippen molar-refractivity contribution in [1.82, 2.24) is 42.1 Å². The van der Waals surface area contributed by atoms with E-state index in [0.717, 1.165) is 11.8 Å². The van der Waals surface area contributed by atoms with Gasteiger partial charge in [0.1, 0.15) is 59.5 Å². The maximum absolute atomic E-state index is 14.6. The molecule has 29 nitrogen and oxygen atoms in total. The number of carbonyl (C=O) groups excluding carboxylic acids is 9. The second kappa shape index (κ2) is 30.3. The molecular weight excluding hydrogens is 1060 g/mol. The Morgan fingerprint density at radius 2 is 0.950 bits per heavy atom. The number of carbonyl (C=O) groups is 11. The molecule has 1 saturated heterocycles. The number of benzene rings is 3. The van der Waals surface area contributed by atoms with Gasteiger partial charge < -0.3 is 94.4 Å². The number of carboxylic acids is 2. The van der Waals surface area contributed by atoms with Crippen LogP contribution in [0.5, 0.6) is 17.2 Å². The number of phenols is 3. The smallest absolute Gasteiger partial charge is 0.328 e. The highest BCUT2D eigenvalue weighted by Crippen LogP contribution is 2.22. The first-order chi connectivity index (χ1) is 37.8. The predicted molar refractivity (Wildman–Crippen MR) is 276 cm³/mol. The lowest BCUT2D eigenvalue weighted by Gasteiger charge is -2.31. The molecule has 9 amide bonds. The third kappa shape index (κ3) is 19.5. The molecule has 3 aromatic rings. The number of aliphatic hydroxyl groups is 3. The number of aliphatic hydroxyl groups excluding tert-OH is 3. The van der Waals surface area contributed by atoms with Crippen molar-refractivity contribution in [3.63, 3.8) is 0 Å². The van der Waals surface area contributed by atoms with Crippen LogP contribution in [-0.2, 0) is 72.0 Å². The number of nitrogens with two attached hydrogens (primary N) is 2. The van der Waals surface area contributed by atoms with Crippen LogP contribution in [0.4, 0.5) is 0 Å². The summed E-state index contributed by atoms with van der Waals surface area (Å²) < 4.78 is 0. The Balaban J connectivity index is 1.60. The standard InChI is InChI=1S/C51H66N10O19/c1-25(64)42(51(79)80)60-46(74)34(20-27-6-12-30(66)13-7-27)56-49(77)39-3-2-18-61(39)50(78)36(21-28-8-14-31(67)15-9-28)57-48(76)38(24-63)59-44(72)33(19-26-4-10-29(65)11-5-26)54-45(73)35(22-41(69)70)55-47(75)37(23-62)58-43(71)32(52)16-17-40(53)68/h4-15,25,32-39,42,62-67H,2-3,16-24,52H2,1H3,(H2,53,68)(H,54,73)(H,55,75)(H,56,77)(H,57,76)(H,58,71)(H,59,72)(H,60,74)(H,69,70)(H,79,80)/t25-,32+,33+,34+,35+,36+,37+,38+,39+,42+/m1/s1. The van der Waals surface area contributed by atoms with Crippen molar-refractivity contribution in [2.45, 2.75) is 119 Å². The van der Waals surface area contributed by atoms with Crippen molar-refractivity contribution < 1.29 is 93.6 Å². The molecule has 29 heteroatoms. The molecular formula is C51H66N10O19. The van der Waals surface area contributed by atoms with E-state index in [1.54, 1.807) is 0 Å². The van der Waals surface area contributed by atoms with Crippen LogP contribution in [0.15, 0.2) is 72.8 Å². The second-order valence-corrected chi connectivity index (χ2v) is 18.8. The second-order valence-electron chi connectivity index (χ2n) is 18.8. The molecule has 1 heterocycles. The van der Waals surface area contributed by atoms with Crippen LogP contribution in [0, 0.1) is 0 Å². The number of likely N-dealkylation sites (tertiary alicyclic amines) is 1. The van der Waals surface area contributed by atoms with E-state index in [4.69, 9.17) is 11.5 Å². The maximum atomic E-state index is 14.6. The molecule has 0 spiro atoms. The summed E-state index contributed by atoms with van der Waals surface area (Å²) >= 11 is 0. The van der Waals surface area contributed by atoms with Crippen LogP contribution >= 0.6 is 0 Å². The number of nitrogens with one attached hydrogen (secondary N) is 7. The summed E-state index contributed by atoms with van der Waals surface area (Å²) in [6, 6.07) is 1.05. The first-order valence-corrected chi connectivity index (χ1v) is 25.0. The van der Waals surface area contributed by atoms with E-state index in [1.165, 1.54) is 72.8 Å². The topological polar surface area (TPSA) is 489 Å². The van der Waals surface area contributed by atoms with E-state index < -0.39 is 152 Å². The Labute approximate surface area is 456 Å².